The van der Waals surface area contributed by atoms with Crippen molar-refractivity contribution < 1.29 is 9.53 Å². The lowest BCUT2D eigenvalue weighted by Crippen LogP contribution is -2.09. The van der Waals surface area contributed by atoms with Gasteiger partial charge in [-0.25, -0.2) is 9.97 Å². The van der Waals surface area contributed by atoms with Gasteiger partial charge in [-0.1, -0.05) is 41.4 Å². The van der Waals surface area contributed by atoms with Crippen molar-refractivity contribution in [2.45, 2.75) is 5.92 Å². The predicted molar refractivity (Wildman–Crippen MR) is 71.2 cm³/mol. The summed E-state index contributed by atoms with van der Waals surface area (Å²) < 4.78 is 5.57. The molecule has 1 aromatic carbocycles. The van der Waals surface area contributed by atoms with Crippen molar-refractivity contribution in [3.63, 3.8) is 0 Å². The molecule has 0 N–H and O–H groups in total. The molecule has 0 spiro atoms. The Hall–Kier alpha value is -1.65. The molecule has 0 bridgehead atoms. The predicted octanol–water partition coefficient (Wildman–Crippen LogP) is 3.12. The highest BCUT2D eigenvalue weighted by molar-refractivity contribution is 6.37. The molecule has 0 radical (unpaired) electrons. The van der Waals surface area contributed by atoms with E-state index in [1.54, 1.807) is 0 Å². The Kier molecular flexibility index (Phi) is 3.12. The fourth-order valence-corrected chi connectivity index (χ4v) is 2.55. The molecule has 1 atom stereocenters. The van der Waals surface area contributed by atoms with Gasteiger partial charge in [-0.2, -0.15) is 0 Å². The number of hydrogen-bond donors (Lipinski definition) is 0. The largest absolute Gasteiger partial charge is 0.492 e. The minimum Gasteiger partial charge on any atom is -0.492 e. The number of halogens is 2. The van der Waals surface area contributed by atoms with Crippen LogP contribution in [0.3, 0.4) is 0 Å². The van der Waals surface area contributed by atoms with Gasteiger partial charge in [0.05, 0.1) is 11.5 Å². The number of aromatic nitrogens is 2. The quantitative estimate of drug-likeness (QED) is 0.631. The number of rotatable bonds is 2. The van der Waals surface area contributed by atoms with E-state index in [1.165, 1.54) is 0 Å². The van der Waals surface area contributed by atoms with Gasteiger partial charge in [0.25, 0.3) is 0 Å². The summed E-state index contributed by atoms with van der Waals surface area (Å²) >= 11 is 11.9. The van der Waals surface area contributed by atoms with Crippen LogP contribution in [0.25, 0.3) is 0 Å². The molecule has 1 unspecified atom stereocenters. The maximum atomic E-state index is 10.8. The van der Waals surface area contributed by atoms with Crippen LogP contribution in [0.5, 0.6) is 5.75 Å². The molecule has 1 aromatic heterocycles. The number of ether oxygens (including phenoxy) is 1. The number of hydrogen-bond acceptors (Lipinski definition) is 4. The van der Waals surface area contributed by atoms with Crippen molar-refractivity contribution in [1.29, 1.82) is 0 Å². The number of benzene rings is 1. The van der Waals surface area contributed by atoms with E-state index in [-0.39, 0.29) is 21.8 Å². The van der Waals surface area contributed by atoms with Gasteiger partial charge in [0.1, 0.15) is 28.5 Å². The Morgan fingerprint density at radius 3 is 2.58 bits per heavy atom. The minimum absolute atomic E-state index is 0.0642. The lowest BCUT2D eigenvalue weighted by molar-refractivity contribution is 0.112. The maximum Gasteiger partial charge on any atom is 0.156 e. The van der Waals surface area contributed by atoms with E-state index in [4.69, 9.17) is 27.9 Å². The zero-order chi connectivity index (χ0) is 13.4. The number of aldehydes is 1. The first-order chi connectivity index (χ1) is 9.20. The van der Waals surface area contributed by atoms with Crippen molar-refractivity contribution in [1.82, 2.24) is 9.97 Å². The number of carbonyl (C=O) groups is 1. The van der Waals surface area contributed by atoms with E-state index >= 15 is 0 Å². The topological polar surface area (TPSA) is 52.1 Å². The molecule has 4 nitrogen and oxygen atoms in total. The van der Waals surface area contributed by atoms with Gasteiger partial charge in [-0.05, 0) is 6.07 Å². The van der Waals surface area contributed by atoms with Crippen molar-refractivity contribution in [3.8, 4) is 5.75 Å². The molecular formula is C13H8Cl2N2O2. The van der Waals surface area contributed by atoms with Crippen molar-refractivity contribution in [3.05, 3.63) is 51.5 Å². The molecule has 0 saturated heterocycles. The molecule has 6 heteroatoms. The highest BCUT2D eigenvalue weighted by Gasteiger charge is 2.28. The van der Waals surface area contributed by atoms with Gasteiger partial charge in [-0.3, -0.25) is 4.79 Å². The highest BCUT2D eigenvalue weighted by Crippen LogP contribution is 2.37. The summed E-state index contributed by atoms with van der Waals surface area (Å²) in [5.74, 6) is 1.15. The Labute approximate surface area is 119 Å². The molecule has 1 aliphatic rings. The third kappa shape index (κ3) is 2.07. The normalized spacial score (nSPS) is 16.8. The summed E-state index contributed by atoms with van der Waals surface area (Å²) in [6.07, 6.45) is 0.549. The van der Waals surface area contributed by atoms with Crippen LogP contribution in [0.15, 0.2) is 24.3 Å². The first-order valence-corrected chi connectivity index (χ1v) is 6.36. The molecule has 19 heavy (non-hydrogen) atoms. The average molecular weight is 295 g/mol. The van der Waals surface area contributed by atoms with Gasteiger partial charge in [0.15, 0.2) is 6.29 Å². The number of nitrogens with zero attached hydrogens (tertiary/aromatic N) is 2. The van der Waals surface area contributed by atoms with Crippen LogP contribution in [0.4, 0.5) is 0 Å². The molecule has 96 valence electrons. The zero-order valence-electron chi connectivity index (χ0n) is 9.64. The number of para-hydroxylation sites is 1. The molecule has 1 aliphatic heterocycles. The average Bonchev–Trinajstić information content (AvgIpc) is 2.82. The second kappa shape index (κ2) is 4.79. The van der Waals surface area contributed by atoms with E-state index in [2.05, 4.69) is 9.97 Å². The third-order valence-corrected chi connectivity index (χ3v) is 3.58. The van der Waals surface area contributed by atoms with E-state index in [0.29, 0.717) is 18.7 Å². The van der Waals surface area contributed by atoms with Crippen molar-refractivity contribution in [2.24, 2.45) is 0 Å². The maximum absolute atomic E-state index is 10.8. The Morgan fingerprint density at radius 2 is 1.89 bits per heavy atom. The van der Waals surface area contributed by atoms with Crippen LogP contribution in [0, 0.1) is 0 Å². The van der Waals surface area contributed by atoms with E-state index in [0.717, 1.165) is 11.3 Å². The minimum atomic E-state index is -0.119. The zero-order valence-corrected chi connectivity index (χ0v) is 11.1. The van der Waals surface area contributed by atoms with Gasteiger partial charge in [0, 0.05) is 5.56 Å². The fourth-order valence-electron chi connectivity index (χ4n) is 2.06. The second-order valence-electron chi connectivity index (χ2n) is 4.10. The summed E-state index contributed by atoms with van der Waals surface area (Å²) in [7, 11) is 0. The SMILES string of the molecule is O=Cc1c(Cl)nc(C2COc3ccccc32)nc1Cl. The molecule has 2 aromatic rings. The second-order valence-corrected chi connectivity index (χ2v) is 4.81. The van der Waals surface area contributed by atoms with Crippen LogP contribution in [0.2, 0.25) is 10.3 Å². The first kappa shape index (κ1) is 12.4. The monoisotopic (exact) mass is 294 g/mol. The lowest BCUT2D eigenvalue weighted by atomic mass is 10.0. The van der Waals surface area contributed by atoms with Crippen LogP contribution in [0.1, 0.15) is 27.7 Å². The Balaban J connectivity index is 2.08. The summed E-state index contributed by atoms with van der Waals surface area (Å²) in [6.45, 7) is 0.437. The summed E-state index contributed by atoms with van der Waals surface area (Å²) in [5, 5.41) is 0.128. The Morgan fingerprint density at radius 1 is 1.21 bits per heavy atom. The first-order valence-electron chi connectivity index (χ1n) is 5.60. The van der Waals surface area contributed by atoms with E-state index < -0.39 is 0 Å². The summed E-state index contributed by atoms with van der Waals surface area (Å²) in [5.41, 5.74) is 1.10. The van der Waals surface area contributed by atoms with Crippen LogP contribution < -0.4 is 4.74 Å². The van der Waals surface area contributed by atoms with Gasteiger partial charge < -0.3 is 4.74 Å². The molecule has 0 amide bonds. The van der Waals surface area contributed by atoms with E-state index in [9.17, 15) is 4.79 Å². The van der Waals surface area contributed by atoms with Gasteiger partial charge in [-0.15, -0.1) is 0 Å². The molecule has 0 saturated carbocycles. The number of carbonyl (C=O) groups excluding carboxylic acids is 1. The van der Waals surface area contributed by atoms with Crippen molar-refractivity contribution in [2.75, 3.05) is 6.61 Å². The van der Waals surface area contributed by atoms with Crippen LogP contribution >= 0.6 is 23.2 Å². The molecular weight excluding hydrogens is 287 g/mol. The summed E-state index contributed by atoms with van der Waals surface area (Å²) in [6, 6.07) is 7.66. The standard InChI is InChI=1S/C13H8Cl2N2O2/c14-11-8(5-18)12(15)17-13(16-11)9-6-19-10-4-2-1-3-7(9)10/h1-5,9H,6H2. The fraction of sp³-hybridized carbons (Fsp3) is 0.154. The van der Waals surface area contributed by atoms with Crippen LogP contribution in [-0.4, -0.2) is 22.9 Å². The lowest BCUT2D eigenvalue weighted by Gasteiger charge is -2.09. The van der Waals surface area contributed by atoms with Crippen LogP contribution in [-0.2, 0) is 0 Å². The number of fused-ring (bicyclic) bond motifs is 1. The Bertz CT molecular complexity index is 638. The van der Waals surface area contributed by atoms with E-state index in [1.807, 2.05) is 24.3 Å². The molecule has 0 aliphatic carbocycles. The van der Waals surface area contributed by atoms with Crippen molar-refractivity contribution >= 4 is 29.5 Å². The smallest absolute Gasteiger partial charge is 0.156 e. The molecule has 0 fully saturated rings. The molecule has 2 heterocycles. The third-order valence-electron chi connectivity index (χ3n) is 3.00. The highest BCUT2D eigenvalue weighted by atomic mass is 35.5. The summed E-state index contributed by atoms with van der Waals surface area (Å²) in [4.78, 5) is 19.1. The van der Waals surface area contributed by atoms with Gasteiger partial charge in [0.2, 0.25) is 0 Å². The van der Waals surface area contributed by atoms with Gasteiger partial charge >= 0.3 is 0 Å². The molecule has 3 rings (SSSR count).